The van der Waals surface area contributed by atoms with Gasteiger partial charge >= 0.3 is 12.2 Å². The molecule has 4 N–H and O–H groups in total. The van der Waals surface area contributed by atoms with E-state index < -0.39 is 17.8 Å². The van der Waals surface area contributed by atoms with Crippen LogP contribution < -0.4 is 21.3 Å². The van der Waals surface area contributed by atoms with Gasteiger partial charge in [-0.2, -0.15) is 18.2 Å². The number of aromatic nitrogens is 2. The number of urea groups is 1. The topological polar surface area (TPSA) is 115 Å². The maximum atomic E-state index is 13.8. The van der Waals surface area contributed by atoms with Crippen LogP contribution in [0.4, 0.5) is 35.4 Å². The van der Waals surface area contributed by atoms with Crippen LogP contribution in [0, 0.1) is 0 Å². The Morgan fingerprint density at radius 2 is 1.64 bits per heavy atom. The van der Waals surface area contributed by atoms with E-state index in [-0.39, 0.29) is 37.2 Å². The highest BCUT2D eigenvalue weighted by molar-refractivity contribution is 5.94. The molecule has 2 aliphatic rings. The van der Waals surface area contributed by atoms with Crippen LogP contribution in [0.25, 0.3) is 0 Å². The number of hydrogen-bond acceptors (Lipinski definition) is 7. The highest BCUT2D eigenvalue weighted by Gasteiger charge is 2.37. The molecule has 2 fully saturated rings. The average Bonchev–Trinajstić information content (AvgIpc) is 2.89. The molecule has 1 saturated heterocycles. The van der Waals surface area contributed by atoms with Gasteiger partial charge in [-0.15, -0.1) is 0 Å². The monoisotopic (exact) mass is 550 g/mol. The molecule has 2 heterocycles. The molecule has 1 aromatic carbocycles. The molecule has 2 atom stereocenters. The number of benzene rings is 1. The van der Waals surface area contributed by atoms with E-state index in [1.54, 1.807) is 29.2 Å². The first-order chi connectivity index (χ1) is 18.1. The molecule has 2 aromatic rings. The van der Waals surface area contributed by atoms with Gasteiger partial charge in [-0.05, 0) is 44.2 Å². The third-order valence-corrected chi connectivity index (χ3v) is 6.90. The van der Waals surface area contributed by atoms with Crippen molar-refractivity contribution in [1.82, 2.24) is 30.4 Å². The molecule has 13 heteroatoms. The molecule has 1 aliphatic heterocycles. The van der Waals surface area contributed by atoms with Gasteiger partial charge in [0.1, 0.15) is 11.4 Å². The van der Waals surface area contributed by atoms with Crippen molar-refractivity contribution >= 4 is 29.4 Å². The van der Waals surface area contributed by atoms with Gasteiger partial charge in [0.2, 0.25) is 5.95 Å². The highest BCUT2D eigenvalue weighted by atomic mass is 19.4. The number of hydrogen-bond donors (Lipinski definition) is 4. The molecular weight excluding hydrogens is 513 g/mol. The van der Waals surface area contributed by atoms with Crippen LogP contribution in [-0.2, 0) is 6.18 Å². The lowest BCUT2D eigenvalue weighted by molar-refractivity contribution is -0.137. The van der Waals surface area contributed by atoms with Crippen LogP contribution in [0.15, 0.2) is 30.5 Å². The van der Waals surface area contributed by atoms with E-state index in [4.69, 9.17) is 0 Å². The number of carbonyl (C=O) groups excluding carboxylic acids is 2. The summed E-state index contributed by atoms with van der Waals surface area (Å²) in [7, 11) is 3.50. The Morgan fingerprint density at radius 3 is 2.26 bits per heavy atom. The second-order valence-corrected chi connectivity index (χ2v) is 9.62. The Hall–Kier alpha value is -3.61. The van der Waals surface area contributed by atoms with Crippen LogP contribution in [0.3, 0.4) is 0 Å². The number of likely N-dealkylation sites (N-methyl/N-ethyl adjacent to an activating group) is 1. The van der Waals surface area contributed by atoms with E-state index in [2.05, 4.69) is 36.1 Å². The fourth-order valence-corrected chi connectivity index (χ4v) is 4.67. The first-order valence-electron chi connectivity index (χ1n) is 12.7. The minimum absolute atomic E-state index is 0. The lowest BCUT2D eigenvalue weighted by atomic mass is 9.90. The lowest BCUT2D eigenvalue weighted by Gasteiger charge is -2.33. The van der Waals surface area contributed by atoms with Crippen molar-refractivity contribution in [3.63, 3.8) is 0 Å². The number of amides is 3. The Kier molecular flexibility index (Phi) is 9.95. The fraction of sp³-hybridized carbons (Fsp3) is 0.538. The maximum absolute atomic E-state index is 13.8. The molecule has 4 rings (SSSR count). The van der Waals surface area contributed by atoms with E-state index in [1.165, 1.54) is 7.05 Å². The summed E-state index contributed by atoms with van der Waals surface area (Å²) < 4.78 is 41.3. The molecule has 1 aliphatic carbocycles. The van der Waals surface area contributed by atoms with Crippen LogP contribution in [0.2, 0.25) is 0 Å². The number of anilines is 3. The van der Waals surface area contributed by atoms with Crippen LogP contribution in [0.1, 0.15) is 49.0 Å². The molecule has 39 heavy (non-hydrogen) atoms. The zero-order valence-electron chi connectivity index (χ0n) is 21.4. The first kappa shape index (κ1) is 29.9. The average molecular weight is 551 g/mol. The van der Waals surface area contributed by atoms with E-state index in [0.29, 0.717) is 37.2 Å². The second kappa shape index (κ2) is 13.0. The molecular formula is C26H37F3N8O2. The molecule has 1 saturated carbocycles. The summed E-state index contributed by atoms with van der Waals surface area (Å²) in [5.74, 6) is -0.438. The van der Waals surface area contributed by atoms with Crippen molar-refractivity contribution < 1.29 is 22.8 Å². The second-order valence-electron chi connectivity index (χ2n) is 9.62. The maximum Gasteiger partial charge on any atom is 0.421 e. The largest absolute Gasteiger partial charge is 0.421 e. The van der Waals surface area contributed by atoms with Gasteiger partial charge in [-0.3, -0.25) is 4.79 Å². The zero-order chi connectivity index (χ0) is 27.3. The number of rotatable bonds is 6. The van der Waals surface area contributed by atoms with Gasteiger partial charge in [0.25, 0.3) is 5.91 Å². The summed E-state index contributed by atoms with van der Waals surface area (Å²) in [5.41, 5.74) is 0.0747. The van der Waals surface area contributed by atoms with Gasteiger partial charge < -0.3 is 31.1 Å². The van der Waals surface area contributed by atoms with Crippen molar-refractivity contribution in [2.75, 3.05) is 50.9 Å². The number of piperazine rings is 1. The van der Waals surface area contributed by atoms with Crippen molar-refractivity contribution in [3.8, 4) is 0 Å². The Bertz CT molecular complexity index is 1120. The molecule has 214 valence electrons. The van der Waals surface area contributed by atoms with Gasteiger partial charge in [0.15, 0.2) is 0 Å². The van der Waals surface area contributed by atoms with Crippen molar-refractivity contribution in [2.24, 2.45) is 0 Å². The molecule has 3 amide bonds. The molecule has 0 spiro atoms. The van der Waals surface area contributed by atoms with Gasteiger partial charge in [0, 0.05) is 56.7 Å². The summed E-state index contributed by atoms with van der Waals surface area (Å²) in [5, 5.41) is 11.1. The van der Waals surface area contributed by atoms with Crippen molar-refractivity contribution in [3.05, 3.63) is 41.6 Å². The quantitative estimate of drug-likeness (QED) is 0.431. The Labute approximate surface area is 226 Å². The van der Waals surface area contributed by atoms with Crippen LogP contribution >= 0.6 is 0 Å². The number of nitrogens with zero attached hydrogens (tertiary/aromatic N) is 4. The number of halogens is 3. The Balaban J connectivity index is 0.00000420. The first-order valence-corrected chi connectivity index (χ1v) is 12.7. The number of carbonyl (C=O) groups is 2. The lowest BCUT2D eigenvalue weighted by Crippen LogP contribution is -2.51. The normalized spacial score (nSPS) is 20.0. The minimum atomic E-state index is -4.66. The van der Waals surface area contributed by atoms with Crippen LogP contribution in [-0.4, -0.2) is 84.1 Å². The van der Waals surface area contributed by atoms with Gasteiger partial charge in [0.05, 0.1) is 6.04 Å². The van der Waals surface area contributed by atoms with Gasteiger partial charge in [-0.1, -0.05) is 20.3 Å². The number of nitrogens with one attached hydrogen (secondary N) is 4. The third-order valence-electron chi connectivity index (χ3n) is 6.90. The highest BCUT2D eigenvalue weighted by Crippen LogP contribution is 2.35. The summed E-state index contributed by atoms with van der Waals surface area (Å²) in [4.78, 5) is 36.6. The molecule has 0 unspecified atom stereocenters. The predicted molar refractivity (Wildman–Crippen MR) is 144 cm³/mol. The molecule has 1 aromatic heterocycles. The zero-order valence-corrected chi connectivity index (χ0v) is 21.4. The standard InChI is InChI=1S/C25H33F3N8O2.CH4/c1-29-24(38)33-20-6-4-3-5-19(20)32-21-18(25(26,27)28)15-30-23(34-21)31-17-9-7-16(8-10-17)22(37)36-13-11-35(2)12-14-36;/h7-10,15,19-20H,3-6,11-14H2,1-2H3,(H2,29,33,38)(H2,30,31,32,34);1H4/t19-,20+;/m1./s1. The summed E-state index contributed by atoms with van der Waals surface area (Å²) >= 11 is 0. The fourth-order valence-electron chi connectivity index (χ4n) is 4.67. The predicted octanol–water partition coefficient (Wildman–Crippen LogP) is 3.91. The van der Waals surface area contributed by atoms with E-state index >= 15 is 0 Å². The van der Waals surface area contributed by atoms with Crippen LogP contribution in [0.5, 0.6) is 0 Å². The molecule has 10 nitrogen and oxygen atoms in total. The molecule has 0 radical (unpaired) electrons. The van der Waals surface area contributed by atoms with Crippen molar-refractivity contribution in [1.29, 1.82) is 0 Å². The summed E-state index contributed by atoms with van der Waals surface area (Å²) in [6.45, 7) is 2.95. The SMILES string of the molecule is C.CNC(=O)N[C@H]1CCCC[C@H]1Nc1nc(Nc2ccc(C(=O)N3CCN(C)CC3)cc2)ncc1C(F)(F)F. The summed E-state index contributed by atoms with van der Waals surface area (Å²) in [6.07, 6.45) is -1.01. The van der Waals surface area contributed by atoms with E-state index in [0.717, 1.165) is 32.1 Å². The van der Waals surface area contributed by atoms with E-state index in [1.807, 2.05) is 7.05 Å². The smallest absolute Gasteiger partial charge is 0.365 e. The molecule has 0 bridgehead atoms. The van der Waals surface area contributed by atoms with E-state index in [9.17, 15) is 22.8 Å². The Morgan fingerprint density at radius 1 is 1.00 bits per heavy atom. The third kappa shape index (κ3) is 7.71. The van der Waals surface area contributed by atoms with Gasteiger partial charge in [-0.25, -0.2) is 9.78 Å². The van der Waals surface area contributed by atoms with Crippen molar-refractivity contribution in [2.45, 2.75) is 51.4 Å². The number of alkyl halides is 3. The summed E-state index contributed by atoms with van der Waals surface area (Å²) in [6, 6.07) is 5.52. The minimum Gasteiger partial charge on any atom is -0.365 e.